The Morgan fingerprint density at radius 2 is 2.12 bits per heavy atom. The Balaban J connectivity index is 1.52. The predicted molar refractivity (Wildman–Crippen MR) is 91.2 cm³/mol. The Hall–Kier alpha value is -2.61. The smallest absolute Gasteiger partial charge is 0.319 e. The number of H-pyrrole nitrogens is 1. The molecule has 8 heteroatoms. The normalized spacial score (nSPS) is 14.5. The van der Waals surface area contributed by atoms with E-state index in [1.165, 1.54) is 0 Å². The number of nitrogens with one attached hydrogen (secondary N) is 3. The third kappa shape index (κ3) is 3.83. The van der Waals surface area contributed by atoms with Gasteiger partial charge in [0.2, 0.25) is 0 Å². The highest BCUT2D eigenvalue weighted by atomic mass is 16.5. The molecule has 2 aromatic heterocycles. The second-order valence-electron chi connectivity index (χ2n) is 5.74. The van der Waals surface area contributed by atoms with Gasteiger partial charge < -0.3 is 20.3 Å². The minimum Gasteiger partial charge on any atom is -0.378 e. The van der Waals surface area contributed by atoms with E-state index in [9.17, 15) is 4.79 Å². The lowest BCUT2D eigenvalue weighted by molar-refractivity contribution is 0.122. The number of aromatic amines is 1. The Morgan fingerprint density at radius 1 is 1.33 bits per heavy atom. The zero-order valence-corrected chi connectivity index (χ0v) is 13.9. The van der Waals surface area contributed by atoms with Crippen LogP contribution in [0.25, 0.3) is 0 Å². The summed E-state index contributed by atoms with van der Waals surface area (Å²) in [6, 6.07) is 3.69. The van der Waals surface area contributed by atoms with Gasteiger partial charge in [-0.2, -0.15) is 5.10 Å². The number of carbonyl (C=O) groups is 1. The predicted octanol–water partition coefficient (Wildman–Crippen LogP) is 1.58. The average molecular weight is 330 g/mol. The molecule has 0 aliphatic carbocycles. The lowest BCUT2D eigenvalue weighted by Gasteiger charge is -2.27. The number of rotatable bonds is 4. The van der Waals surface area contributed by atoms with Crippen molar-refractivity contribution < 1.29 is 9.53 Å². The van der Waals surface area contributed by atoms with Gasteiger partial charge in [-0.15, -0.1) is 0 Å². The topological polar surface area (TPSA) is 95.2 Å². The molecule has 1 saturated heterocycles. The molecule has 0 spiro atoms. The summed E-state index contributed by atoms with van der Waals surface area (Å²) >= 11 is 0. The molecule has 1 aliphatic rings. The maximum absolute atomic E-state index is 12.0. The molecule has 3 N–H and O–H groups in total. The van der Waals surface area contributed by atoms with E-state index in [0.29, 0.717) is 12.2 Å². The number of hydrogen-bond acceptors (Lipinski definition) is 5. The van der Waals surface area contributed by atoms with Gasteiger partial charge in [0, 0.05) is 25.8 Å². The van der Waals surface area contributed by atoms with Gasteiger partial charge in [0.05, 0.1) is 30.3 Å². The van der Waals surface area contributed by atoms with Crippen LogP contribution >= 0.6 is 0 Å². The summed E-state index contributed by atoms with van der Waals surface area (Å²) in [5.41, 5.74) is 3.26. The molecule has 0 aromatic carbocycles. The van der Waals surface area contributed by atoms with Gasteiger partial charge in [0.15, 0.2) is 0 Å². The molecule has 128 valence electrons. The van der Waals surface area contributed by atoms with Crippen LogP contribution in [0.3, 0.4) is 0 Å². The second-order valence-corrected chi connectivity index (χ2v) is 5.74. The number of anilines is 2. The van der Waals surface area contributed by atoms with Crippen molar-refractivity contribution in [1.29, 1.82) is 0 Å². The number of carbonyl (C=O) groups excluding carboxylic acids is 1. The Morgan fingerprint density at radius 3 is 2.75 bits per heavy atom. The van der Waals surface area contributed by atoms with Crippen molar-refractivity contribution in [2.75, 3.05) is 36.5 Å². The van der Waals surface area contributed by atoms with Crippen LogP contribution in [0, 0.1) is 13.8 Å². The van der Waals surface area contributed by atoms with E-state index < -0.39 is 0 Å². The quantitative estimate of drug-likeness (QED) is 0.791. The van der Waals surface area contributed by atoms with Gasteiger partial charge in [-0.05, 0) is 25.5 Å². The first-order valence-corrected chi connectivity index (χ1v) is 7.97. The number of aromatic nitrogens is 3. The van der Waals surface area contributed by atoms with Gasteiger partial charge in [0.25, 0.3) is 0 Å². The summed E-state index contributed by atoms with van der Waals surface area (Å²) in [6.07, 6.45) is 1.79. The largest absolute Gasteiger partial charge is 0.378 e. The van der Waals surface area contributed by atoms with E-state index in [-0.39, 0.29) is 6.03 Å². The molecule has 2 amide bonds. The Kier molecular flexibility index (Phi) is 4.95. The van der Waals surface area contributed by atoms with Crippen LogP contribution in [-0.2, 0) is 11.3 Å². The highest BCUT2D eigenvalue weighted by Gasteiger charge is 2.12. The van der Waals surface area contributed by atoms with Gasteiger partial charge in [-0.3, -0.25) is 5.10 Å². The van der Waals surface area contributed by atoms with E-state index in [0.717, 1.165) is 49.1 Å². The molecule has 1 aliphatic heterocycles. The van der Waals surface area contributed by atoms with Crippen molar-refractivity contribution in [2.45, 2.75) is 20.4 Å². The first kappa shape index (κ1) is 16.3. The van der Waals surface area contributed by atoms with Gasteiger partial charge in [-0.25, -0.2) is 9.78 Å². The van der Waals surface area contributed by atoms with E-state index in [4.69, 9.17) is 4.74 Å². The van der Waals surface area contributed by atoms with Crippen molar-refractivity contribution in [3.05, 3.63) is 35.3 Å². The van der Waals surface area contributed by atoms with Crippen LogP contribution in [0.1, 0.15) is 17.0 Å². The molecule has 3 rings (SSSR count). The number of ether oxygens (including phenoxy) is 1. The zero-order chi connectivity index (χ0) is 16.9. The third-order valence-electron chi connectivity index (χ3n) is 3.96. The van der Waals surface area contributed by atoms with Crippen molar-refractivity contribution >= 4 is 17.5 Å². The van der Waals surface area contributed by atoms with Crippen molar-refractivity contribution in [3.63, 3.8) is 0 Å². The molecular formula is C16H22N6O2. The third-order valence-corrected chi connectivity index (χ3v) is 3.96. The lowest BCUT2D eigenvalue weighted by atomic mass is 10.2. The molecule has 0 saturated carbocycles. The molecule has 24 heavy (non-hydrogen) atoms. The fourth-order valence-corrected chi connectivity index (χ4v) is 2.58. The van der Waals surface area contributed by atoms with Crippen molar-refractivity contribution in [2.24, 2.45) is 0 Å². The summed E-state index contributed by atoms with van der Waals surface area (Å²) < 4.78 is 5.34. The average Bonchev–Trinajstić information content (AvgIpc) is 2.93. The number of amides is 2. The number of nitrogens with zero attached hydrogens (tertiary/aromatic N) is 3. The summed E-state index contributed by atoms with van der Waals surface area (Å²) in [5, 5.41) is 12.5. The maximum Gasteiger partial charge on any atom is 0.319 e. The van der Waals surface area contributed by atoms with Crippen LogP contribution in [-0.4, -0.2) is 47.5 Å². The SMILES string of the molecule is Cc1n[nH]c(C)c1NC(=O)NCc1ccc(N2CCOCC2)nc1. The minimum atomic E-state index is -0.264. The van der Waals surface area contributed by atoms with Gasteiger partial charge >= 0.3 is 6.03 Å². The molecule has 8 nitrogen and oxygen atoms in total. The molecule has 3 heterocycles. The van der Waals surface area contributed by atoms with Gasteiger partial charge in [0.1, 0.15) is 5.82 Å². The van der Waals surface area contributed by atoms with E-state index in [2.05, 4.69) is 30.7 Å². The fourth-order valence-electron chi connectivity index (χ4n) is 2.58. The Bertz CT molecular complexity index is 672. The first-order chi connectivity index (χ1) is 11.6. The maximum atomic E-state index is 12.0. The lowest BCUT2D eigenvalue weighted by Crippen LogP contribution is -2.36. The highest BCUT2D eigenvalue weighted by Crippen LogP contribution is 2.16. The molecule has 0 radical (unpaired) electrons. The summed E-state index contributed by atoms with van der Waals surface area (Å²) in [4.78, 5) is 18.7. The number of morpholine rings is 1. The highest BCUT2D eigenvalue weighted by molar-refractivity contribution is 5.90. The molecule has 0 bridgehead atoms. The number of urea groups is 1. The van der Waals surface area contributed by atoms with Crippen LogP contribution in [0.5, 0.6) is 0 Å². The minimum absolute atomic E-state index is 0.264. The molecule has 0 unspecified atom stereocenters. The van der Waals surface area contributed by atoms with Crippen LogP contribution < -0.4 is 15.5 Å². The van der Waals surface area contributed by atoms with Crippen LogP contribution in [0.4, 0.5) is 16.3 Å². The van der Waals surface area contributed by atoms with E-state index in [1.807, 2.05) is 26.0 Å². The molecule has 0 atom stereocenters. The molecular weight excluding hydrogens is 308 g/mol. The zero-order valence-electron chi connectivity index (χ0n) is 13.9. The standard InChI is InChI=1S/C16H22N6O2/c1-11-15(12(2)21-20-11)19-16(23)18-10-13-3-4-14(17-9-13)22-5-7-24-8-6-22/h3-4,9H,5-8,10H2,1-2H3,(H,20,21)(H2,18,19,23). The second kappa shape index (κ2) is 7.31. The molecule has 2 aromatic rings. The first-order valence-electron chi connectivity index (χ1n) is 7.97. The van der Waals surface area contributed by atoms with E-state index in [1.54, 1.807) is 6.20 Å². The summed E-state index contributed by atoms with van der Waals surface area (Å²) in [5.74, 6) is 0.941. The van der Waals surface area contributed by atoms with Crippen LogP contribution in [0.2, 0.25) is 0 Å². The number of hydrogen-bond donors (Lipinski definition) is 3. The molecule has 1 fully saturated rings. The monoisotopic (exact) mass is 330 g/mol. The van der Waals surface area contributed by atoms with Crippen molar-refractivity contribution in [1.82, 2.24) is 20.5 Å². The number of pyridine rings is 1. The summed E-state index contributed by atoms with van der Waals surface area (Å²) in [7, 11) is 0. The van der Waals surface area contributed by atoms with E-state index >= 15 is 0 Å². The van der Waals surface area contributed by atoms with Crippen molar-refractivity contribution in [3.8, 4) is 0 Å². The van der Waals surface area contributed by atoms with Gasteiger partial charge in [-0.1, -0.05) is 6.07 Å². The van der Waals surface area contributed by atoms with Crippen LogP contribution in [0.15, 0.2) is 18.3 Å². The fraction of sp³-hybridized carbons (Fsp3) is 0.438. The Labute approximate surface area is 140 Å². The number of aryl methyl sites for hydroxylation is 2. The summed E-state index contributed by atoms with van der Waals surface area (Å²) in [6.45, 7) is 7.30.